The van der Waals surface area contributed by atoms with E-state index < -0.39 is 0 Å². The summed E-state index contributed by atoms with van der Waals surface area (Å²) in [4.78, 5) is 2.43. The van der Waals surface area contributed by atoms with E-state index in [1.165, 1.54) is 16.7 Å². The predicted octanol–water partition coefficient (Wildman–Crippen LogP) is 9.35. The molecule has 0 aliphatic carbocycles. The smallest absolute Gasteiger partial charge is 0.171 e. The van der Waals surface area contributed by atoms with E-state index in [0.29, 0.717) is 54.6 Å². The lowest BCUT2D eigenvalue weighted by Crippen LogP contribution is -2.28. The molecular formula is C45H45N7S3. The van der Waals surface area contributed by atoms with Gasteiger partial charge < -0.3 is 31.9 Å². The minimum atomic E-state index is 0.582. The van der Waals surface area contributed by atoms with Crippen LogP contribution in [0.15, 0.2) is 164 Å². The molecule has 10 heteroatoms. The molecule has 0 fully saturated rings. The lowest BCUT2D eigenvalue weighted by Gasteiger charge is -2.24. The Labute approximate surface area is 340 Å². The summed E-state index contributed by atoms with van der Waals surface area (Å²) in [5, 5.41) is 21.8. The summed E-state index contributed by atoms with van der Waals surface area (Å²) in [6.07, 6.45) is 0. The average molecular weight is 780 g/mol. The summed E-state index contributed by atoms with van der Waals surface area (Å²) in [6.45, 7) is 4.10. The van der Waals surface area contributed by atoms with E-state index in [2.05, 4.69) is 128 Å². The van der Waals surface area contributed by atoms with Crippen molar-refractivity contribution in [1.82, 2.24) is 20.9 Å². The number of rotatable bonds is 15. The maximum atomic E-state index is 5.63. The third kappa shape index (κ3) is 13.6. The van der Waals surface area contributed by atoms with Crippen LogP contribution in [0.2, 0.25) is 0 Å². The van der Waals surface area contributed by atoms with E-state index in [1.807, 2.05) is 72.8 Å². The van der Waals surface area contributed by atoms with Gasteiger partial charge in [0.1, 0.15) is 0 Å². The van der Waals surface area contributed by atoms with Crippen LogP contribution in [0.25, 0.3) is 0 Å². The molecular weight excluding hydrogens is 735 g/mol. The largest absolute Gasteiger partial charge is 0.358 e. The second-order valence-corrected chi connectivity index (χ2v) is 14.4. The Morgan fingerprint density at radius 2 is 0.618 bits per heavy atom. The van der Waals surface area contributed by atoms with Gasteiger partial charge in [-0.05, 0) is 106 Å². The first-order chi connectivity index (χ1) is 26.9. The minimum absolute atomic E-state index is 0.582. The molecule has 0 aliphatic heterocycles. The van der Waals surface area contributed by atoms with Crippen LogP contribution in [0.5, 0.6) is 0 Å². The molecule has 0 atom stereocenters. The lowest BCUT2D eigenvalue weighted by atomic mass is 10.1. The SMILES string of the molecule is S=C(NCc1ccccc1)Nc1cccc(CN(Cc2cccc(NC(=S)NCc3ccccc3)c2)Cc2cccc(NC(=S)NCc3ccccc3)c2)c1. The van der Waals surface area contributed by atoms with Gasteiger partial charge in [0.2, 0.25) is 0 Å². The van der Waals surface area contributed by atoms with Crippen LogP contribution in [-0.4, -0.2) is 20.2 Å². The van der Waals surface area contributed by atoms with Crippen molar-refractivity contribution in [3.63, 3.8) is 0 Å². The zero-order valence-electron chi connectivity index (χ0n) is 30.5. The Morgan fingerprint density at radius 1 is 0.345 bits per heavy atom. The van der Waals surface area contributed by atoms with Gasteiger partial charge in [-0.1, -0.05) is 127 Å². The highest BCUT2D eigenvalue weighted by molar-refractivity contribution is 7.80. The second kappa shape index (κ2) is 20.7. The van der Waals surface area contributed by atoms with Gasteiger partial charge in [0, 0.05) is 56.3 Å². The molecule has 6 aromatic rings. The molecule has 0 aliphatic rings. The van der Waals surface area contributed by atoms with E-state index >= 15 is 0 Å². The molecule has 0 amide bonds. The molecule has 0 heterocycles. The van der Waals surface area contributed by atoms with Gasteiger partial charge >= 0.3 is 0 Å². The van der Waals surface area contributed by atoms with E-state index in [-0.39, 0.29) is 0 Å². The molecule has 6 N–H and O–H groups in total. The normalized spacial score (nSPS) is 10.6. The summed E-state index contributed by atoms with van der Waals surface area (Å²) in [6, 6.07) is 56.0. The topological polar surface area (TPSA) is 75.4 Å². The Hall–Kier alpha value is -5.65. The number of hydrogen-bond acceptors (Lipinski definition) is 4. The van der Waals surface area contributed by atoms with Gasteiger partial charge in [-0.2, -0.15) is 0 Å². The molecule has 6 aromatic carbocycles. The first kappa shape index (κ1) is 39.1. The number of anilines is 3. The fraction of sp³-hybridized carbons (Fsp3) is 0.133. The quantitative estimate of drug-likeness (QED) is 0.0569. The van der Waals surface area contributed by atoms with Crippen LogP contribution in [0.1, 0.15) is 33.4 Å². The predicted molar refractivity (Wildman–Crippen MR) is 241 cm³/mol. The minimum Gasteiger partial charge on any atom is -0.358 e. The third-order valence-corrected chi connectivity index (χ3v) is 9.40. The van der Waals surface area contributed by atoms with Crippen molar-refractivity contribution in [2.24, 2.45) is 0 Å². The number of thiocarbonyl (C=S) groups is 3. The van der Waals surface area contributed by atoms with Gasteiger partial charge in [-0.15, -0.1) is 0 Å². The van der Waals surface area contributed by atoms with Gasteiger partial charge in [-0.3, -0.25) is 4.90 Å². The highest BCUT2D eigenvalue weighted by atomic mass is 32.1. The first-order valence-electron chi connectivity index (χ1n) is 18.2. The van der Waals surface area contributed by atoms with Crippen LogP contribution >= 0.6 is 36.7 Å². The standard InChI is InChI=1S/C45H45N7S3/c53-43(46-28-34-13-4-1-5-14-34)49-40-22-10-19-37(25-40)31-52(32-38-20-11-23-41(26-38)50-44(54)47-29-35-15-6-2-7-16-35)33-39-21-12-24-42(27-39)51-45(55)48-30-36-17-8-3-9-18-36/h1-27H,28-33H2,(H2,46,49,53)(H2,47,50,54)(H2,48,51,55). The molecule has 7 nitrogen and oxygen atoms in total. The van der Waals surface area contributed by atoms with Crippen molar-refractivity contribution >= 4 is 69.1 Å². The zero-order valence-corrected chi connectivity index (χ0v) is 33.0. The monoisotopic (exact) mass is 779 g/mol. The number of nitrogens with one attached hydrogen (secondary N) is 6. The molecule has 0 saturated heterocycles. The number of benzene rings is 6. The fourth-order valence-corrected chi connectivity index (χ4v) is 6.62. The number of nitrogens with zero attached hydrogens (tertiary/aromatic N) is 1. The summed E-state index contributed by atoms with van der Waals surface area (Å²) < 4.78 is 0. The fourth-order valence-electron chi connectivity index (χ4n) is 6.05. The van der Waals surface area contributed by atoms with E-state index in [4.69, 9.17) is 36.7 Å². The molecule has 0 unspecified atom stereocenters. The van der Waals surface area contributed by atoms with Gasteiger partial charge in [0.15, 0.2) is 15.3 Å². The Morgan fingerprint density at radius 3 is 0.909 bits per heavy atom. The van der Waals surface area contributed by atoms with E-state index in [0.717, 1.165) is 33.8 Å². The van der Waals surface area contributed by atoms with E-state index in [9.17, 15) is 0 Å². The average Bonchev–Trinajstić information content (AvgIpc) is 3.20. The summed E-state index contributed by atoms with van der Waals surface area (Å²) >= 11 is 16.9. The molecule has 0 spiro atoms. The lowest BCUT2D eigenvalue weighted by molar-refractivity contribution is 0.248. The maximum Gasteiger partial charge on any atom is 0.171 e. The van der Waals surface area contributed by atoms with Crippen LogP contribution in [0.4, 0.5) is 17.1 Å². The van der Waals surface area contributed by atoms with Gasteiger partial charge in [0.25, 0.3) is 0 Å². The Balaban J connectivity index is 1.13. The van der Waals surface area contributed by atoms with Crippen molar-refractivity contribution in [1.29, 1.82) is 0 Å². The summed E-state index contributed by atoms with van der Waals surface area (Å²) in [5.74, 6) is 0. The Kier molecular flexibility index (Phi) is 14.7. The van der Waals surface area contributed by atoms with Crippen molar-refractivity contribution < 1.29 is 0 Å². The van der Waals surface area contributed by atoms with Crippen LogP contribution < -0.4 is 31.9 Å². The van der Waals surface area contributed by atoms with Crippen LogP contribution in [0, 0.1) is 0 Å². The van der Waals surface area contributed by atoms with Crippen molar-refractivity contribution in [2.75, 3.05) is 16.0 Å². The highest BCUT2D eigenvalue weighted by Crippen LogP contribution is 2.21. The molecule has 0 aromatic heterocycles. The van der Waals surface area contributed by atoms with Crippen molar-refractivity contribution in [3.8, 4) is 0 Å². The Bertz CT molecular complexity index is 1900. The number of hydrogen-bond donors (Lipinski definition) is 6. The van der Waals surface area contributed by atoms with Gasteiger partial charge in [-0.25, -0.2) is 0 Å². The van der Waals surface area contributed by atoms with Crippen molar-refractivity contribution in [3.05, 3.63) is 197 Å². The first-order valence-corrected chi connectivity index (χ1v) is 19.4. The zero-order chi connectivity index (χ0) is 38.1. The summed E-state index contributed by atoms with van der Waals surface area (Å²) in [5.41, 5.74) is 9.82. The van der Waals surface area contributed by atoms with Crippen LogP contribution in [0.3, 0.4) is 0 Å². The third-order valence-electron chi connectivity index (χ3n) is 8.66. The molecule has 6 rings (SSSR count). The summed E-state index contributed by atoms with van der Waals surface area (Å²) in [7, 11) is 0. The molecule has 55 heavy (non-hydrogen) atoms. The van der Waals surface area contributed by atoms with Gasteiger partial charge in [0.05, 0.1) is 0 Å². The second-order valence-electron chi connectivity index (χ2n) is 13.1. The molecule has 0 bridgehead atoms. The maximum absolute atomic E-state index is 5.63. The van der Waals surface area contributed by atoms with Crippen LogP contribution in [-0.2, 0) is 39.3 Å². The molecule has 278 valence electrons. The molecule has 0 saturated carbocycles. The molecule has 0 radical (unpaired) electrons. The van der Waals surface area contributed by atoms with Crippen molar-refractivity contribution in [2.45, 2.75) is 39.3 Å². The highest BCUT2D eigenvalue weighted by Gasteiger charge is 2.12. The van der Waals surface area contributed by atoms with E-state index in [1.54, 1.807) is 0 Å².